The van der Waals surface area contributed by atoms with Gasteiger partial charge >= 0.3 is 0 Å². The summed E-state index contributed by atoms with van der Waals surface area (Å²) in [5.74, 6) is 0.333. The van der Waals surface area contributed by atoms with Gasteiger partial charge < -0.3 is 0 Å². The molecule has 0 heteroatoms. The molecule has 1 aliphatic carbocycles. The van der Waals surface area contributed by atoms with E-state index in [1.165, 1.54) is 0 Å². The highest BCUT2D eigenvalue weighted by Crippen LogP contribution is 2.26. The lowest BCUT2D eigenvalue weighted by atomic mass is 10.5. The largest absolute Gasteiger partial charge is 0.0496 e. The summed E-state index contributed by atoms with van der Waals surface area (Å²) in [6.07, 6.45) is 2.31. The SMILES string of the molecule is [C]C1CC1. The molecule has 1 saturated carbocycles. The Kier molecular flexibility index (Phi) is 0.270. The van der Waals surface area contributed by atoms with Crippen molar-refractivity contribution in [1.82, 2.24) is 0 Å². The maximum absolute atomic E-state index is 6.69. The van der Waals surface area contributed by atoms with Crippen LogP contribution in [0.4, 0.5) is 0 Å². The Morgan fingerprint density at radius 1 is 1.50 bits per heavy atom. The van der Waals surface area contributed by atoms with E-state index in [9.17, 15) is 0 Å². The first-order valence-electron chi connectivity index (χ1n) is 1.61. The molecular weight excluding hydrogens is 48.0 g/mol. The summed E-state index contributed by atoms with van der Waals surface area (Å²) in [5.41, 5.74) is 0. The molecule has 0 nitrogen and oxygen atoms in total. The van der Waals surface area contributed by atoms with E-state index in [4.69, 9.17) is 6.92 Å². The number of hydrogen-bond donors (Lipinski definition) is 0. The molecule has 0 aliphatic heterocycles. The van der Waals surface area contributed by atoms with Gasteiger partial charge in [-0.2, -0.15) is 0 Å². The van der Waals surface area contributed by atoms with Crippen molar-refractivity contribution < 1.29 is 0 Å². The molecule has 0 saturated heterocycles. The second kappa shape index (κ2) is 0.480. The van der Waals surface area contributed by atoms with E-state index >= 15 is 0 Å². The Morgan fingerprint density at radius 2 is 1.75 bits per heavy atom. The fraction of sp³-hybridized carbons (Fsp3) is 0.750. The second-order valence-electron chi connectivity index (χ2n) is 1.27. The zero-order valence-electron chi connectivity index (χ0n) is 2.49. The van der Waals surface area contributed by atoms with Crippen LogP contribution in [0.3, 0.4) is 0 Å². The summed E-state index contributed by atoms with van der Waals surface area (Å²) < 4.78 is 0. The van der Waals surface area contributed by atoms with Gasteiger partial charge in [-0.25, -0.2) is 0 Å². The van der Waals surface area contributed by atoms with Crippen molar-refractivity contribution in [2.24, 2.45) is 5.92 Å². The molecule has 0 heterocycles. The highest BCUT2D eigenvalue weighted by molar-refractivity contribution is 4.73. The number of hydrogen-bond acceptors (Lipinski definition) is 0. The zero-order valence-corrected chi connectivity index (χ0v) is 2.49. The lowest BCUT2D eigenvalue weighted by Gasteiger charge is -1.51. The quantitative estimate of drug-likeness (QED) is 0.386. The smallest absolute Gasteiger partial charge is 0.00568 e. The van der Waals surface area contributed by atoms with Crippen molar-refractivity contribution >= 4 is 0 Å². The van der Waals surface area contributed by atoms with Crippen LogP contribution in [0.2, 0.25) is 0 Å². The van der Waals surface area contributed by atoms with Crippen LogP contribution in [-0.4, -0.2) is 0 Å². The first kappa shape index (κ1) is 2.25. The topological polar surface area (TPSA) is 0 Å². The van der Waals surface area contributed by atoms with Crippen molar-refractivity contribution in [1.29, 1.82) is 0 Å². The maximum Gasteiger partial charge on any atom is -0.00568 e. The summed E-state index contributed by atoms with van der Waals surface area (Å²) in [5, 5.41) is 0. The first-order valence-corrected chi connectivity index (χ1v) is 1.61. The molecule has 4 heavy (non-hydrogen) atoms. The van der Waals surface area contributed by atoms with Gasteiger partial charge in [-0.1, -0.05) is 0 Å². The third-order valence-electron chi connectivity index (χ3n) is 0.577. The van der Waals surface area contributed by atoms with Crippen LogP contribution >= 0.6 is 0 Å². The number of rotatable bonds is 0. The normalized spacial score (nSPS) is 26.2. The van der Waals surface area contributed by atoms with E-state index in [2.05, 4.69) is 0 Å². The van der Waals surface area contributed by atoms with Crippen LogP contribution in [-0.2, 0) is 0 Å². The predicted molar refractivity (Wildman–Crippen MR) is 16.0 cm³/mol. The van der Waals surface area contributed by atoms with E-state index in [1.54, 1.807) is 0 Å². The van der Waals surface area contributed by atoms with Gasteiger partial charge in [0.15, 0.2) is 0 Å². The molecule has 1 rings (SSSR count). The fourth-order valence-corrected chi connectivity index (χ4v) is 0.0833. The Hall–Kier alpha value is 0. The summed E-state index contributed by atoms with van der Waals surface area (Å²) in [7, 11) is 0. The molecular formula is C4H5. The van der Waals surface area contributed by atoms with Crippen molar-refractivity contribution in [3.63, 3.8) is 0 Å². The van der Waals surface area contributed by atoms with Crippen LogP contribution in [0.25, 0.3) is 0 Å². The van der Waals surface area contributed by atoms with Crippen LogP contribution in [0.5, 0.6) is 0 Å². The van der Waals surface area contributed by atoms with E-state index < -0.39 is 0 Å². The van der Waals surface area contributed by atoms with E-state index in [-0.39, 0.29) is 0 Å². The van der Waals surface area contributed by atoms with Gasteiger partial charge in [0, 0.05) is 0 Å². The average molecular weight is 53.1 g/mol. The molecule has 0 unspecified atom stereocenters. The molecule has 0 bridgehead atoms. The average Bonchev–Trinajstić information content (AvgIpc) is 1.75. The van der Waals surface area contributed by atoms with Gasteiger partial charge in [0.2, 0.25) is 0 Å². The van der Waals surface area contributed by atoms with Crippen LogP contribution < -0.4 is 0 Å². The molecule has 0 aromatic heterocycles. The zero-order chi connectivity index (χ0) is 2.99. The summed E-state index contributed by atoms with van der Waals surface area (Å²) in [6, 6.07) is 0. The Balaban J connectivity index is 2.17. The minimum atomic E-state index is 0.333. The standard InChI is InChI=1S/C4H5/c1-4-2-3-4/h4H,2-3H2. The molecule has 1 aliphatic rings. The fourth-order valence-electron chi connectivity index (χ4n) is 0.0833. The Labute approximate surface area is 26.8 Å². The highest BCUT2D eigenvalue weighted by atomic mass is 14.2. The van der Waals surface area contributed by atoms with Crippen LogP contribution in [0.1, 0.15) is 12.8 Å². The molecule has 0 aromatic carbocycles. The molecule has 21 valence electrons. The van der Waals surface area contributed by atoms with Gasteiger partial charge in [0.25, 0.3) is 0 Å². The summed E-state index contributed by atoms with van der Waals surface area (Å²) in [4.78, 5) is 0. The third-order valence-corrected chi connectivity index (χ3v) is 0.577. The van der Waals surface area contributed by atoms with Crippen molar-refractivity contribution in [3.8, 4) is 0 Å². The first-order chi connectivity index (χ1) is 1.89. The van der Waals surface area contributed by atoms with E-state index in [0.29, 0.717) is 5.92 Å². The predicted octanol–water partition coefficient (Wildman–Crippen LogP) is 0.984. The molecule has 0 aromatic rings. The van der Waals surface area contributed by atoms with E-state index in [0.717, 1.165) is 12.8 Å². The van der Waals surface area contributed by atoms with Crippen LogP contribution in [0, 0.1) is 12.8 Å². The van der Waals surface area contributed by atoms with Crippen LogP contribution in [0.15, 0.2) is 0 Å². The third kappa shape index (κ3) is 0.222. The van der Waals surface area contributed by atoms with Crippen molar-refractivity contribution in [2.75, 3.05) is 0 Å². The lowest BCUT2D eigenvalue weighted by molar-refractivity contribution is 1.12. The maximum atomic E-state index is 6.69. The summed E-state index contributed by atoms with van der Waals surface area (Å²) in [6.45, 7) is 6.69. The van der Waals surface area contributed by atoms with Crippen molar-refractivity contribution in [2.45, 2.75) is 12.8 Å². The van der Waals surface area contributed by atoms with Gasteiger partial charge in [-0.15, -0.1) is 0 Å². The molecule has 0 N–H and O–H groups in total. The van der Waals surface area contributed by atoms with Gasteiger partial charge in [-0.3, -0.25) is 0 Å². The van der Waals surface area contributed by atoms with Gasteiger partial charge in [0.05, 0.1) is 0 Å². The molecule has 0 atom stereocenters. The Morgan fingerprint density at radius 3 is 1.75 bits per heavy atom. The Bertz CT molecular complexity index is 19.2. The minimum Gasteiger partial charge on any atom is -0.0496 e. The monoisotopic (exact) mass is 53.0 g/mol. The second-order valence-corrected chi connectivity index (χ2v) is 1.27. The summed E-state index contributed by atoms with van der Waals surface area (Å²) >= 11 is 0. The van der Waals surface area contributed by atoms with Gasteiger partial charge in [0.1, 0.15) is 0 Å². The molecule has 3 radical (unpaired) electrons. The molecule has 0 amide bonds. The highest BCUT2D eigenvalue weighted by Gasteiger charge is 2.13. The van der Waals surface area contributed by atoms with E-state index in [1.807, 2.05) is 0 Å². The molecule has 0 spiro atoms. The lowest BCUT2D eigenvalue weighted by Crippen LogP contribution is -1.43. The van der Waals surface area contributed by atoms with Crippen molar-refractivity contribution in [3.05, 3.63) is 6.92 Å². The minimum absolute atomic E-state index is 0.333. The molecule has 1 fully saturated rings. The van der Waals surface area contributed by atoms with Gasteiger partial charge in [-0.05, 0) is 25.7 Å².